The molecule has 2 aliphatic rings. The van der Waals surface area contributed by atoms with Crippen LogP contribution < -0.4 is 0 Å². The van der Waals surface area contributed by atoms with Gasteiger partial charge in [-0.05, 0) is 31.2 Å². The minimum absolute atomic E-state index is 0.00385. The molecule has 9 heteroatoms. The molecule has 0 amide bonds. The molecule has 26 heavy (non-hydrogen) atoms. The number of rotatable bonds is 4. The fraction of sp³-hybridized carbons (Fsp3) is 0.471. The van der Waals surface area contributed by atoms with Gasteiger partial charge in [-0.2, -0.15) is 4.31 Å². The van der Waals surface area contributed by atoms with Gasteiger partial charge in [0.2, 0.25) is 10.0 Å². The molecule has 3 rings (SSSR count). The molecule has 142 valence electrons. The number of benzene rings is 1. The van der Waals surface area contributed by atoms with E-state index < -0.39 is 28.6 Å². The molecule has 0 aromatic heterocycles. The van der Waals surface area contributed by atoms with Gasteiger partial charge in [-0.1, -0.05) is 11.6 Å². The number of halogens is 1. The molecule has 1 aromatic rings. The average molecular weight is 401 g/mol. The Bertz CT molecular complexity index is 816. The smallest absolute Gasteiger partial charge is 0.243 e. The summed E-state index contributed by atoms with van der Waals surface area (Å²) in [5.74, 6) is -0.113. The van der Waals surface area contributed by atoms with Crippen molar-refractivity contribution >= 4 is 27.4 Å². The second-order valence-corrected chi connectivity index (χ2v) is 8.85. The van der Waals surface area contributed by atoms with E-state index in [4.69, 9.17) is 21.1 Å². The highest BCUT2D eigenvalue weighted by Crippen LogP contribution is 2.33. The Morgan fingerprint density at radius 1 is 1.23 bits per heavy atom. The normalized spacial score (nSPS) is 28.8. The number of carbonyl (C=O) groups is 1. The summed E-state index contributed by atoms with van der Waals surface area (Å²) in [4.78, 5) is 14.3. The molecule has 1 aromatic carbocycles. The van der Waals surface area contributed by atoms with Gasteiger partial charge in [0.05, 0.1) is 10.9 Å². The molecule has 1 atom stereocenters. The van der Waals surface area contributed by atoms with Gasteiger partial charge in [-0.25, -0.2) is 8.42 Å². The van der Waals surface area contributed by atoms with Crippen molar-refractivity contribution in [3.8, 4) is 0 Å². The van der Waals surface area contributed by atoms with Crippen molar-refractivity contribution in [1.29, 1.82) is 0 Å². The zero-order chi connectivity index (χ0) is 19.1. The van der Waals surface area contributed by atoms with E-state index in [0.29, 0.717) is 10.6 Å². The van der Waals surface area contributed by atoms with Crippen molar-refractivity contribution in [2.24, 2.45) is 0 Å². The van der Waals surface area contributed by atoms with Crippen LogP contribution in [0.5, 0.6) is 0 Å². The molecule has 0 spiro atoms. The first kappa shape index (κ1) is 19.3. The Labute approximate surface area is 158 Å². The van der Waals surface area contributed by atoms with Crippen LogP contribution in [-0.2, 0) is 24.3 Å². The standard InChI is InChI=1S/C17H21ClN2O5S/c1-11-24-17(25-11)15-8-16(21)12(9-19(2)3)10-20(15)26(22,23)14-6-4-13(18)5-7-14/h4-7,9,11,15,17H,8,10H2,1-3H3/b12-9-. The summed E-state index contributed by atoms with van der Waals surface area (Å²) in [5, 5.41) is 0.446. The Balaban J connectivity index is 1.97. The van der Waals surface area contributed by atoms with Crippen LogP contribution in [0.2, 0.25) is 5.02 Å². The number of piperidine rings is 1. The van der Waals surface area contributed by atoms with Crippen molar-refractivity contribution in [2.75, 3.05) is 20.6 Å². The summed E-state index contributed by atoms with van der Waals surface area (Å²) in [6.45, 7) is 1.68. The van der Waals surface area contributed by atoms with Gasteiger partial charge in [-0.3, -0.25) is 4.79 Å². The summed E-state index contributed by atoms with van der Waals surface area (Å²) in [5.41, 5.74) is 0.427. The monoisotopic (exact) mass is 400 g/mol. The third-order valence-corrected chi connectivity index (χ3v) is 6.39. The second-order valence-electron chi connectivity index (χ2n) is 6.52. The summed E-state index contributed by atoms with van der Waals surface area (Å²) < 4.78 is 38.7. The van der Waals surface area contributed by atoms with Crippen molar-refractivity contribution in [1.82, 2.24) is 9.21 Å². The molecule has 0 bridgehead atoms. The Morgan fingerprint density at radius 3 is 2.38 bits per heavy atom. The van der Waals surface area contributed by atoms with Gasteiger partial charge < -0.3 is 14.4 Å². The molecular formula is C17H21ClN2O5S. The molecule has 0 radical (unpaired) electrons. The first-order valence-electron chi connectivity index (χ1n) is 8.17. The molecule has 7 nitrogen and oxygen atoms in total. The first-order chi connectivity index (χ1) is 12.2. The average Bonchev–Trinajstić information content (AvgIpc) is 2.53. The highest BCUT2D eigenvalue weighted by Gasteiger charge is 2.47. The van der Waals surface area contributed by atoms with E-state index >= 15 is 0 Å². The summed E-state index contributed by atoms with van der Waals surface area (Å²) in [6, 6.07) is 5.23. The van der Waals surface area contributed by atoms with Crippen LogP contribution in [0.4, 0.5) is 0 Å². The van der Waals surface area contributed by atoms with Crippen LogP contribution >= 0.6 is 11.6 Å². The largest absolute Gasteiger partial charge is 0.383 e. The Hall–Kier alpha value is -1.45. The number of ketones is 1. The van der Waals surface area contributed by atoms with Gasteiger partial charge >= 0.3 is 0 Å². The molecule has 2 aliphatic heterocycles. The number of nitrogens with zero attached hydrogens (tertiary/aromatic N) is 2. The first-order valence-corrected chi connectivity index (χ1v) is 9.99. The minimum atomic E-state index is -3.86. The predicted molar refractivity (Wildman–Crippen MR) is 95.9 cm³/mol. The lowest BCUT2D eigenvalue weighted by Gasteiger charge is -2.44. The number of Topliss-reactive ketones (excluding diaryl/α,β-unsaturated/α-hetero) is 1. The maximum Gasteiger partial charge on any atom is 0.243 e. The van der Waals surface area contributed by atoms with Crippen molar-refractivity contribution in [3.05, 3.63) is 41.1 Å². The summed E-state index contributed by atoms with van der Waals surface area (Å²) in [7, 11) is -0.292. The molecular weight excluding hydrogens is 380 g/mol. The van der Waals surface area contributed by atoms with Gasteiger partial charge in [-0.15, -0.1) is 0 Å². The molecule has 2 fully saturated rings. The molecule has 0 N–H and O–H groups in total. The topological polar surface area (TPSA) is 76.2 Å². The highest BCUT2D eigenvalue weighted by atomic mass is 35.5. The molecule has 0 aliphatic carbocycles. The summed E-state index contributed by atoms with van der Waals surface area (Å²) in [6.07, 6.45) is 0.489. The lowest BCUT2D eigenvalue weighted by Crippen LogP contribution is -2.59. The Kier molecular flexibility index (Phi) is 5.41. The van der Waals surface area contributed by atoms with Crippen molar-refractivity contribution < 1.29 is 22.7 Å². The van der Waals surface area contributed by atoms with E-state index in [1.165, 1.54) is 28.6 Å². The van der Waals surface area contributed by atoms with Crippen molar-refractivity contribution in [2.45, 2.75) is 36.9 Å². The third-order valence-electron chi connectivity index (χ3n) is 4.25. The van der Waals surface area contributed by atoms with E-state index in [1.807, 2.05) is 0 Å². The van der Waals surface area contributed by atoms with E-state index in [-0.39, 0.29) is 23.6 Å². The fourth-order valence-corrected chi connectivity index (χ4v) is 4.74. The van der Waals surface area contributed by atoms with Gasteiger partial charge in [0, 0.05) is 43.9 Å². The second kappa shape index (κ2) is 7.28. The number of hydrogen-bond acceptors (Lipinski definition) is 6. The lowest BCUT2D eigenvalue weighted by atomic mass is 9.98. The van der Waals surface area contributed by atoms with Gasteiger partial charge in [0.15, 0.2) is 18.4 Å². The maximum absolute atomic E-state index is 13.2. The van der Waals surface area contributed by atoms with Crippen LogP contribution in [0.15, 0.2) is 40.9 Å². The van der Waals surface area contributed by atoms with Gasteiger partial charge in [0.1, 0.15) is 0 Å². The predicted octanol–water partition coefficient (Wildman–Crippen LogP) is 1.84. The van der Waals surface area contributed by atoms with E-state index in [9.17, 15) is 13.2 Å². The number of hydrogen-bond donors (Lipinski definition) is 0. The van der Waals surface area contributed by atoms with Crippen LogP contribution in [0.1, 0.15) is 13.3 Å². The minimum Gasteiger partial charge on any atom is -0.383 e. The quantitative estimate of drug-likeness (QED) is 0.718. The van der Waals surface area contributed by atoms with Crippen LogP contribution in [0.3, 0.4) is 0 Å². The number of sulfonamides is 1. The zero-order valence-corrected chi connectivity index (χ0v) is 16.3. The lowest BCUT2D eigenvalue weighted by molar-refractivity contribution is -0.388. The highest BCUT2D eigenvalue weighted by molar-refractivity contribution is 7.89. The third kappa shape index (κ3) is 3.79. The molecule has 1 unspecified atom stereocenters. The fourth-order valence-electron chi connectivity index (χ4n) is 3.03. The number of ether oxygens (including phenoxy) is 2. The van der Waals surface area contributed by atoms with E-state index in [1.54, 1.807) is 32.1 Å². The van der Waals surface area contributed by atoms with Crippen molar-refractivity contribution in [3.63, 3.8) is 0 Å². The Morgan fingerprint density at radius 2 is 1.85 bits per heavy atom. The van der Waals surface area contributed by atoms with Crippen LogP contribution in [-0.4, -0.2) is 62.7 Å². The summed E-state index contributed by atoms with van der Waals surface area (Å²) >= 11 is 5.87. The van der Waals surface area contributed by atoms with E-state index in [2.05, 4.69) is 0 Å². The van der Waals surface area contributed by atoms with Crippen LogP contribution in [0, 0.1) is 0 Å². The van der Waals surface area contributed by atoms with E-state index in [0.717, 1.165) is 0 Å². The number of carbonyl (C=O) groups excluding carboxylic acids is 1. The zero-order valence-electron chi connectivity index (χ0n) is 14.8. The SMILES string of the molecule is CC1OC(C2CC(=O)/C(=C\N(C)C)CN2S(=O)(=O)c2ccc(Cl)cc2)O1. The molecule has 2 saturated heterocycles. The maximum atomic E-state index is 13.2. The molecule has 2 heterocycles. The van der Waals surface area contributed by atoms with Gasteiger partial charge in [0.25, 0.3) is 0 Å². The van der Waals surface area contributed by atoms with Crippen LogP contribution in [0.25, 0.3) is 0 Å². The molecule has 0 saturated carbocycles.